The van der Waals surface area contributed by atoms with Crippen molar-refractivity contribution in [2.24, 2.45) is 5.73 Å². The quantitative estimate of drug-likeness (QED) is 0.123. The third-order valence-electron chi connectivity index (χ3n) is 9.04. The van der Waals surface area contributed by atoms with Crippen LogP contribution in [0.1, 0.15) is 61.8 Å². The van der Waals surface area contributed by atoms with Gasteiger partial charge in [-0.3, -0.25) is 4.79 Å². The number of nitrogens with one attached hydrogen (secondary N) is 2. The van der Waals surface area contributed by atoms with Crippen LogP contribution in [0.15, 0.2) is 84.9 Å². The maximum atomic E-state index is 12.0. The van der Waals surface area contributed by atoms with Crippen LogP contribution in [0.2, 0.25) is 0 Å². The number of benzene rings is 4. The van der Waals surface area contributed by atoms with E-state index in [1.165, 1.54) is 44.4 Å². The van der Waals surface area contributed by atoms with Crippen molar-refractivity contribution >= 4 is 45.5 Å². The summed E-state index contributed by atoms with van der Waals surface area (Å²) in [4.78, 5) is 12.0. The minimum absolute atomic E-state index is 0.0945. The Hall–Kier alpha value is -4.22. The molecule has 4 aromatic rings. The number of nitrogens with zero attached hydrogens (tertiary/aromatic N) is 1. The zero-order valence-electron chi connectivity index (χ0n) is 25.5. The summed E-state index contributed by atoms with van der Waals surface area (Å²) < 4.78 is 2.51. The largest absolute Gasteiger partial charge is 0.356 e. The van der Waals surface area contributed by atoms with Crippen molar-refractivity contribution in [1.82, 2.24) is 5.32 Å². The van der Waals surface area contributed by atoms with Crippen molar-refractivity contribution in [3.05, 3.63) is 107 Å². The summed E-state index contributed by atoms with van der Waals surface area (Å²) in [5.74, 6) is 0.0945. The Labute approximate surface area is 255 Å². The Morgan fingerprint density at radius 2 is 1.70 bits per heavy atom. The number of amides is 1. The van der Waals surface area contributed by atoms with Gasteiger partial charge >= 0.3 is 0 Å². The maximum absolute atomic E-state index is 12.0. The smallest absolute Gasteiger partial charge is 0.220 e. The molecule has 4 N–H and O–H groups in total. The highest BCUT2D eigenvalue weighted by Crippen LogP contribution is 2.42. The number of aryl methyl sites for hydroxylation is 2. The van der Waals surface area contributed by atoms with Gasteiger partial charge in [0.05, 0.1) is 5.41 Å². The summed E-state index contributed by atoms with van der Waals surface area (Å²) in [7, 11) is 0. The molecule has 0 spiro atoms. The summed E-state index contributed by atoms with van der Waals surface area (Å²) in [5, 5.41) is 9.27. The van der Waals surface area contributed by atoms with Gasteiger partial charge in [-0.05, 0) is 97.3 Å². The maximum Gasteiger partial charge on any atom is 0.220 e. The fourth-order valence-corrected chi connectivity index (χ4v) is 6.80. The first-order valence-electron chi connectivity index (χ1n) is 15.8. The second-order valence-electron chi connectivity index (χ2n) is 12.3. The summed E-state index contributed by atoms with van der Waals surface area (Å²) >= 11 is 0. The Morgan fingerprint density at radius 1 is 0.884 bits per heavy atom. The lowest BCUT2D eigenvalue weighted by Gasteiger charge is -2.17. The van der Waals surface area contributed by atoms with Gasteiger partial charge in [0.25, 0.3) is 0 Å². The van der Waals surface area contributed by atoms with Crippen molar-refractivity contribution < 1.29 is 9.37 Å². The molecular formula is C38H43N4O+. The lowest BCUT2D eigenvalue weighted by Crippen LogP contribution is -2.28. The number of carbonyl (C=O) groups is 1. The molecule has 0 atom stereocenters. The van der Waals surface area contributed by atoms with Gasteiger partial charge in [0.2, 0.25) is 11.6 Å². The highest BCUT2D eigenvalue weighted by molar-refractivity contribution is 6.07. The molecule has 6 rings (SSSR count). The zero-order valence-corrected chi connectivity index (χ0v) is 25.5. The molecule has 1 aliphatic carbocycles. The normalized spacial score (nSPS) is 15.0. The first-order valence-corrected chi connectivity index (χ1v) is 15.8. The molecule has 0 radical (unpaired) electrons. The number of anilines is 2. The van der Waals surface area contributed by atoms with E-state index in [4.69, 9.17) is 5.73 Å². The van der Waals surface area contributed by atoms with Crippen molar-refractivity contribution in [3.63, 3.8) is 0 Å². The molecule has 1 aliphatic heterocycles. The third kappa shape index (κ3) is 6.00. The molecule has 43 heavy (non-hydrogen) atoms. The Balaban J connectivity index is 1.29. The molecule has 0 unspecified atom stereocenters. The van der Waals surface area contributed by atoms with Crippen LogP contribution in [0.4, 0.5) is 17.1 Å². The van der Waals surface area contributed by atoms with Gasteiger partial charge < -0.3 is 16.4 Å². The number of para-hydroxylation sites is 1. The number of fused-ring (bicyclic) bond motifs is 1. The van der Waals surface area contributed by atoms with Crippen molar-refractivity contribution in [2.75, 3.05) is 25.0 Å². The average Bonchev–Trinajstić information content (AvgIpc) is 3.53. The fraction of sp³-hybridized carbons (Fsp3) is 0.316. The summed E-state index contributed by atoms with van der Waals surface area (Å²) in [6.07, 6.45) is 10.4. The van der Waals surface area contributed by atoms with Crippen LogP contribution < -0.4 is 16.4 Å². The van der Waals surface area contributed by atoms with E-state index < -0.39 is 0 Å². The van der Waals surface area contributed by atoms with Gasteiger partial charge in [0, 0.05) is 55.0 Å². The molecule has 0 fully saturated rings. The van der Waals surface area contributed by atoms with Crippen LogP contribution in [0.3, 0.4) is 0 Å². The van der Waals surface area contributed by atoms with E-state index in [0.29, 0.717) is 19.5 Å². The Kier molecular flexibility index (Phi) is 8.44. The van der Waals surface area contributed by atoms with Gasteiger partial charge in [0.15, 0.2) is 5.71 Å². The second kappa shape index (κ2) is 12.6. The summed E-state index contributed by atoms with van der Waals surface area (Å²) in [5.41, 5.74) is 15.7. The highest BCUT2D eigenvalue weighted by atomic mass is 16.1. The van der Waals surface area contributed by atoms with Crippen LogP contribution >= 0.6 is 0 Å². The minimum Gasteiger partial charge on any atom is -0.356 e. The van der Waals surface area contributed by atoms with Crippen molar-refractivity contribution in [3.8, 4) is 0 Å². The van der Waals surface area contributed by atoms with E-state index in [0.717, 1.165) is 50.0 Å². The SMILES string of the molecule is CC1(C)C(/C=C/c2ccc3c4c(cccc24)CC3)=[N+](CCCCCC(=O)NCCN)c2ccc(Nc3ccccc3)cc21. The Morgan fingerprint density at radius 3 is 2.51 bits per heavy atom. The number of carbonyl (C=O) groups excluding carboxylic acids is 1. The predicted molar refractivity (Wildman–Crippen MR) is 180 cm³/mol. The molecule has 0 bridgehead atoms. The van der Waals surface area contributed by atoms with Crippen LogP contribution in [0.5, 0.6) is 0 Å². The third-order valence-corrected chi connectivity index (χ3v) is 9.04. The topological polar surface area (TPSA) is 70.2 Å². The fourth-order valence-electron chi connectivity index (χ4n) is 6.80. The molecule has 220 valence electrons. The number of rotatable bonds is 12. The van der Waals surface area contributed by atoms with E-state index in [9.17, 15) is 4.79 Å². The van der Waals surface area contributed by atoms with Crippen LogP contribution in [-0.4, -0.2) is 35.8 Å². The van der Waals surface area contributed by atoms with Crippen molar-refractivity contribution in [2.45, 2.75) is 57.8 Å². The average molecular weight is 572 g/mol. The molecule has 0 saturated carbocycles. The summed E-state index contributed by atoms with van der Waals surface area (Å²) in [6, 6.07) is 28.5. The molecule has 0 saturated heterocycles. The van der Waals surface area contributed by atoms with Gasteiger partial charge in [-0.2, -0.15) is 4.58 Å². The van der Waals surface area contributed by atoms with Crippen LogP contribution in [0, 0.1) is 0 Å². The van der Waals surface area contributed by atoms with E-state index in [1.54, 1.807) is 0 Å². The number of allylic oxidation sites excluding steroid dienone is 1. The molecule has 4 aromatic carbocycles. The van der Waals surface area contributed by atoms with Crippen molar-refractivity contribution in [1.29, 1.82) is 0 Å². The van der Waals surface area contributed by atoms with E-state index in [2.05, 4.69) is 114 Å². The van der Waals surface area contributed by atoms with Crippen LogP contribution in [0.25, 0.3) is 16.8 Å². The minimum atomic E-state index is -0.169. The molecule has 5 nitrogen and oxygen atoms in total. The standard InChI is InChI=1S/C38H42N4O/c1-38(2)33-26-31(41-30-11-5-3-6-12-30)20-21-34(33)42(25-8-4-7-14-36(43)40-24-23-39)35(38)22-19-27-15-16-29-18-17-28-10-9-13-32(27)37(28)29/h3,5-6,9-13,15-16,19-22,26,41H,4,7-8,14,17-18,23-25,39H2,1-2H3/p+1/b22-19+. The monoisotopic (exact) mass is 571 g/mol. The Bertz CT molecular complexity index is 1690. The van der Waals surface area contributed by atoms with Gasteiger partial charge in [-0.15, -0.1) is 0 Å². The second-order valence-corrected chi connectivity index (χ2v) is 12.3. The molecule has 2 aliphatic rings. The molecule has 1 heterocycles. The lowest BCUT2D eigenvalue weighted by molar-refractivity contribution is -0.438. The van der Waals surface area contributed by atoms with Gasteiger partial charge in [-0.1, -0.05) is 48.5 Å². The molecule has 0 aromatic heterocycles. The van der Waals surface area contributed by atoms with E-state index in [-0.39, 0.29) is 11.3 Å². The number of nitrogens with two attached hydrogens (primary N) is 1. The van der Waals surface area contributed by atoms with E-state index >= 15 is 0 Å². The highest BCUT2D eigenvalue weighted by Gasteiger charge is 2.44. The molecule has 1 amide bonds. The lowest BCUT2D eigenvalue weighted by atomic mass is 9.81. The van der Waals surface area contributed by atoms with Crippen LogP contribution in [-0.2, 0) is 23.1 Å². The van der Waals surface area contributed by atoms with Gasteiger partial charge in [0.1, 0.15) is 6.54 Å². The number of hydrogen-bond donors (Lipinski definition) is 3. The zero-order chi connectivity index (χ0) is 29.8. The van der Waals surface area contributed by atoms with E-state index in [1.807, 2.05) is 6.07 Å². The molecular weight excluding hydrogens is 528 g/mol. The first kappa shape index (κ1) is 28.9. The first-order chi connectivity index (χ1) is 21.0. The number of hydrogen-bond acceptors (Lipinski definition) is 3. The number of unbranched alkanes of at least 4 members (excludes halogenated alkanes) is 2. The predicted octanol–water partition coefficient (Wildman–Crippen LogP) is 7.41. The van der Waals surface area contributed by atoms with Gasteiger partial charge in [-0.25, -0.2) is 0 Å². The summed E-state index contributed by atoms with van der Waals surface area (Å²) in [6.45, 7) is 6.62. The molecule has 5 heteroatoms.